The Morgan fingerprint density at radius 2 is 1.54 bits per heavy atom. The predicted octanol–water partition coefficient (Wildman–Crippen LogP) is 3.85. The highest BCUT2D eigenvalue weighted by atomic mass is 35.5. The van der Waals surface area contributed by atoms with E-state index >= 15 is 0 Å². The molecule has 0 aromatic heterocycles. The Bertz CT molecular complexity index is 763. The minimum atomic E-state index is -1.34. The molecular weight excluding hydrogens is 380 g/mol. The molecule has 26 heavy (non-hydrogen) atoms. The Morgan fingerprint density at radius 3 is 1.96 bits per heavy atom. The van der Waals surface area contributed by atoms with E-state index in [1.165, 1.54) is 6.92 Å². The average Bonchev–Trinajstić information content (AvgIpc) is 2.65. The minimum absolute atomic E-state index is 0.00883. The number of hydrogen-bond donors (Lipinski definition) is 2. The summed E-state index contributed by atoms with van der Waals surface area (Å²) in [5.41, 5.74) is 2.84. The lowest BCUT2D eigenvalue weighted by Gasteiger charge is -2.22. The van der Waals surface area contributed by atoms with Gasteiger partial charge in [-0.15, -0.1) is 0 Å². The first kappa shape index (κ1) is 20.4. The van der Waals surface area contributed by atoms with Crippen molar-refractivity contribution in [1.29, 1.82) is 0 Å². The third-order valence-electron chi connectivity index (χ3n) is 3.95. The second-order valence-corrected chi connectivity index (χ2v) is 6.87. The van der Waals surface area contributed by atoms with E-state index in [-0.39, 0.29) is 5.78 Å². The summed E-state index contributed by atoms with van der Waals surface area (Å²) in [5.74, 6) is -0.775. The molecule has 2 unspecified atom stereocenters. The fraction of sp³-hybridized carbons (Fsp3) is 0.263. The topological polar surface area (TPSA) is 66.4 Å². The van der Waals surface area contributed by atoms with Gasteiger partial charge in [-0.3, -0.25) is 9.59 Å². The number of aliphatic hydroxyl groups is 1. The largest absolute Gasteiger partial charge is 0.386 e. The number of carbonyl (C=O) groups is 2. The summed E-state index contributed by atoms with van der Waals surface area (Å²) >= 11 is 10.9. The molecule has 0 fully saturated rings. The number of ketones is 1. The van der Waals surface area contributed by atoms with Crippen molar-refractivity contribution < 1.29 is 19.1 Å². The van der Waals surface area contributed by atoms with Crippen molar-refractivity contribution in [2.24, 2.45) is 0 Å². The van der Waals surface area contributed by atoms with E-state index in [2.05, 4.69) is 5.32 Å². The number of nitrogens with one attached hydrogen (secondary N) is 1. The zero-order valence-corrected chi connectivity index (χ0v) is 15.5. The second kappa shape index (κ2) is 9.12. The average molecular weight is 398 g/mol. The first-order valence-corrected chi connectivity index (χ1v) is 8.74. The van der Waals surface area contributed by atoms with Gasteiger partial charge in [0.05, 0.1) is 6.04 Å². The monoisotopic (exact) mass is 397 g/mol. The molecule has 2 atom stereocenters. The zero-order valence-electron chi connectivity index (χ0n) is 14.0. The molecule has 0 aliphatic carbocycles. The summed E-state index contributed by atoms with van der Waals surface area (Å²) in [6, 6.07) is 12.8. The van der Waals surface area contributed by atoms with E-state index in [0.717, 1.165) is 11.1 Å². The Hall–Kier alpha value is -1.95. The Kier molecular flexibility index (Phi) is 7.14. The number of alkyl halides is 3. The highest BCUT2D eigenvalue weighted by Crippen LogP contribution is 2.24. The van der Waals surface area contributed by atoms with Crippen LogP contribution >= 0.6 is 23.2 Å². The van der Waals surface area contributed by atoms with Crippen molar-refractivity contribution in [1.82, 2.24) is 5.32 Å². The van der Waals surface area contributed by atoms with E-state index in [1.54, 1.807) is 36.4 Å². The number of amides is 1. The van der Waals surface area contributed by atoms with Crippen LogP contribution in [-0.2, 0) is 4.79 Å². The predicted molar refractivity (Wildman–Crippen MR) is 100 cm³/mol. The number of halogens is 3. The maximum absolute atomic E-state index is 13.2. The van der Waals surface area contributed by atoms with Gasteiger partial charge in [-0.25, -0.2) is 4.39 Å². The SMILES string of the molecule is CC(=O)c1ccc(-c2ccc(C(O)C(CF)NC(=O)C(Cl)Cl)cc2)cc1. The molecule has 0 saturated heterocycles. The van der Waals surface area contributed by atoms with Crippen molar-refractivity contribution in [2.45, 2.75) is 23.9 Å². The van der Waals surface area contributed by atoms with E-state index < -0.39 is 29.6 Å². The number of Topliss-reactive ketones (excluding diaryl/α,β-unsaturated/α-hetero) is 1. The van der Waals surface area contributed by atoms with Crippen molar-refractivity contribution in [3.05, 3.63) is 59.7 Å². The molecule has 0 spiro atoms. The fourth-order valence-electron chi connectivity index (χ4n) is 2.45. The Labute approximate surface area is 160 Å². The third kappa shape index (κ3) is 5.04. The maximum atomic E-state index is 13.2. The number of aliphatic hydroxyl groups excluding tert-OH is 1. The van der Waals surface area contributed by atoms with Gasteiger partial charge in [0.25, 0.3) is 5.91 Å². The molecule has 0 bridgehead atoms. The molecular formula is C19H18Cl2FNO3. The fourth-order valence-corrected chi connectivity index (χ4v) is 2.58. The van der Waals surface area contributed by atoms with E-state index in [0.29, 0.717) is 11.1 Å². The van der Waals surface area contributed by atoms with Crippen molar-refractivity contribution in [2.75, 3.05) is 6.67 Å². The molecule has 0 heterocycles. The molecule has 0 aliphatic rings. The summed E-state index contributed by atoms with van der Waals surface area (Å²) in [6.45, 7) is 0.531. The van der Waals surface area contributed by atoms with Crippen LogP contribution in [-0.4, -0.2) is 34.3 Å². The minimum Gasteiger partial charge on any atom is -0.386 e. The number of hydrogen-bond acceptors (Lipinski definition) is 3. The van der Waals surface area contributed by atoms with Crippen LogP contribution in [0.5, 0.6) is 0 Å². The van der Waals surface area contributed by atoms with E-state index in [1.807, 2.05) is 12.1 Å². The summed E-state index contributed by atoms with van der Waals surface area (Å²) in [6.07, 6.45) is -1.25. The van der Waals surface area contributed by atoms with Crippen LogP contribution in [0, 0.1) is 0 Å². The van der Waals surface area contributed by atoms with Crippen LogP contribution in [0.4, 0.5) is 4.39 Å². The Morgan fingerprint density at radius 1 is 1.04 bits per heavy atom. The maximum Gasteiger partial charge on any atom is 0.253 e. The highest BCUT2D eigenvalue weighted by molar-refractivity contribution is 6.53. The van der Waals surface area contributed by atoms with Gasteiger partial charge >= 0.3 is 0 Å². The van der Waals surface area contributed by atoms with E-state index in [4.69, 9.17) is 23.2 Å². The molecule has 0 saturated carbocycles. The quantitative estimate of drug-likeness (QED) is 0.550. The van der Waals surface area contributed by atoms with Crippen molar-refractivity contribution in [3.63, 3.8) is 0 Å². The van der Waals surface area contributed by atoms with Gasteiger partial charge in [-0.05, 0) is 23.6 Å². The van der Waals surface area contributed by atoms with Gasteiger partial charge in [0.2, 0.25) is 0 Å². The molecule has 1 amide bonds. The van der Waals surface area contributed by atoms with Crippen molar-refractivity contribution in [3.8, 4) is 11.1 Å². The summed E-state index contributed by atoms with van der Waals surface area (Å²) in [4.78, 5) is 21.5. The molecule has 138 valence electrons. The van der Waals surface area contributed by atoms with Crippen LogP contribution < -0.4 is 5.32 Å². The smallest absolute Gasteiger partial charge is 0.253 e. The zero-order chi connectivity index (χ0) is 19.3. The first-order chi connectivity index (χ1) is 12.3. The molecule has 0 aliphatic heterocycles. The van der Waals surface area contributed by atoms with Crippen LogP contribution in [0.15, 0.2) is 48.5 Å². The van der Waals surface area contributed by atoms with Crippen molar-refractivity contribution >= 4 is 34.9 Å². The highest BCUT2D eigenvalue weighted by Gasteiger charge is 2.25. The number of rotatable bonds is 7. The summed E-state index contributed by atoms with van der Waals surface area (Å²) < 4.78 is 13.2. The van der Waals surface area contributed by atoms with E-state index in [9.17, 15) is 19.1 Å². The van der Waals surface area contributed by atoms with Gasteiger partial charge in [-0.1, -0.05) is 71.7 Å². The van der Waals surface area contributed by atoms with Gasteiger partial charge in [0.1, 0.15) is 12.8 Å². The summed E-state index contributed by atoms with van der Waals surface area (Å²) in [7, 11) is 0. The van der Waals surface area contributed by atoms with Gasteiger partial charge in [0, 0.05) is 5.56 Å². The Balaban J connectivity index is 2.14. The molecule has 0 radical (unpaired) electrons. The van der Waals surface area contributed by atoms with Crippen LogP contribution in [0.2, 0.25) is 0 Å². The number of carbonyl (C=O) groups excluding carboxylic acids is 2. The van der Waals surface area contributed by atoms with Gasteiger partial charge in [0.15, 0.2) is 10.6 Å². The lowest BCUT2D eigenvalue weighted by molar-refractivity contribution is -0.121. The lowest BCUT2D eigenvalue weighted by atomic mass is 9.98. The normalized spacial score (nSPS) is 13.3. The molecule has 7 heteroatoms. The van der Waals surface area contributed by atoms with Crippen LogP contribution in [0.1, 0.15) is 28.9 Å². The molecule has 2 N–H and O–H groups in total. The van der Waals surface area contributed by atoms with Gasteiger partial charge < -0.3 is 10.4 Å². The van der Waals surface area contributed by atoms with Gasteiger partial charge in [-0.2, -0.15) is 0 Å². The van der Waals surface area contributed by atoms with Crippen LogP contribution in [0.3, 0.4) is 0 Å². The lowest BCUT2D eigenvalue weighted by Crippen LogP contribution is -2.43. The van der Waals surface area contributed by atoms with Crippen LogP contribution in [0.25, 0.3) is 11.1 Å². The second-order valence-electron chi connectivity index (χ2n) is 5.77. The molecule has 4 nitrogen and oxygen atoms in total. The molecule has 2 aromatic carbocycles. The molecule has 2 aromatic rings. The first-order valence-electron chi connectivity index (χ1n) is 7.87. The standard InChI is InChI=1S/C19H18Cl2FNO3/c1-11(24)12-2-4-13(5-3-12)14-6-8-15(9-7-14)17(25)16(10-22)23-19(26)18(20)21/h2-9,16-18,25H,10H2,1H3,(H,23,26). The summed E-state index contributed by atoms with van der Waals surface area (Å²) in [5, 5.41) is 12.6. The third-order valence-corrected chi connectivity index (χ3v) is 4.35. The molecule has 2 rings (SSSR count). The number of benzene rings is 2.